The van der Waals surface area contributed by atoms with Crippen LogP contribution in [0.25, 0.3) is 0 Å². The van der Waals surface area contributed by atoms with Crippen LogP contribution in [0.2, 0.25) is 0 Å². The molecule has 1 N–H and O–H groups in total. The predicted octanol–water partition coefficient (Wildman–Crippen LogP) is 0.723. The second-order valence-electron chi connectivity index (χ2n) is 5.41. The zero-order valence-corrected chi connectivity index (χ0v) is 12.9. The summed E-state index contributed by atoms with van der Waals surface area (Å²) in [6.45, 7) is 2.93. The number of carbonyl (C=O) groups is 2. The predicted molar refractivity (Wildman–Crippen MR) is 85.2 cm³/mol. The van der Waals surface area contributed by atoms with Crippen LogP contribution < -0.4 is 5.32 Å². The smallest absolute Gasteiger partial charge is 0.254 e. The first-order valence-corrected chi connectivity index (χ1v) is 7.57. The Labute approximate surface area is 135 Å². The highest BCUT2D eigenvalue weighted by Crippen LogP contribution is 2.10. The molecular weight excluding hydrogens is 297 g/mol. The lowest BCUT2D eigenvalue weighted by Gasteiger charge is -2.21. The molecule has 2 rings (SSSR count). The van der Waals surface area contributed by atoms with E-state index in [0.717, 1.165) is 13.0 Å². The number of hydrogen-bond donors (Lipinski definition) is 1. The van der Waals surface area contributed by atoms with E-state index in [-0.39, 0.29) is 24.9 Å². The van der Waals surface area contributed by atoms with Crippen LogP contribution in [-0.2, 0) is 4.79 Å². The normalized spacial score (nSPS) is 15.6. The Morgan fingerprint density at radius 3 is 2.83 bits per heavy atom. The second kappa shape index (κ2) is 8.30. The fourth-order valence-electron chi connectivity index (χ4n) is 2.54. The Bertz CT molecular complexity index is 612. The molecule has 0 radical (unpaired) electrons. The van der Waals surface area contributed by atoms with Crippen molar-refractivity contribution >= 4 is 11.8 Å². The van der Waals surface area contributed by atoms with Gasteiger partial charge in [0.25, 0.3) is 5.91 Å². The van der Waals surface area contributed by atoms with Crippen molar-refractivity contribution in [2.75, 3.05) is 39.3 Å². The van der Waals surface area contributed by atoms with Crippen LogP contribution >= 0.6 is 0 Å². The van der Waals surface area contributed by atoms with Gasteiger partial charge in [-0.05, 0) is 24.6 Å². The summed E-state index contributed by atoms with van der Waals surface area (Å²) in [5.41, 5.74) is 0.352. The molecule has 23 heavy (non-hydrogen) atoms. The van der Waals surface area contributed by atoms with Crippen LogP contribution in [0.15, 0.2) is 24.3 Å². The first-order valence-electron chi connectivity index (χ1n) is 7.57. The van der Waals surface area contributed by atoms with E-state index < -0.39 is 5.82 Å². The third-order valence-electron chi connectivity index (χ3n) is 3.70. The van der Waals surface area contributed by atoms with Crippen LogP contribution in [0.4, 0.5) is 4.39 Å². The molecule has 0 bridgehead atoms. The highest BCUT2D eigenvalue weighted by Gasteiger charge is 2.21. The number of benzene rings is 1. The topological polar surface area (TPSA) is 52.7 Å². The van der Waals surface area contributed by atoms with Gasteiger partial charge in [0.2, 0.25) is 5.91 Å². The number of terminal acetylenes is 1. The Balaban J connectivity index is 1.89. The molecule has 2 amide bonds. The van der Waals surface area contributed by atoms with Gasteiger partial charge >= 0.3 is 0 Å². The van der Waals surface area contributed by atoms with Gasteiger partial charge in [0.1, 0.15) is 5.82 Å². The molecule has 1 aromatic rings. The van der Waals surface area contributed by atoms with Crippen molar-refractivity contribution in [3.63, 3.8) is 0 Å². The standard InChI is InChI=1S/C17H20FN3O2/c1-2-7-19-16(22)13-20-8-4-9-21(11-10-20)17(23)14-5-3-6-15(18)12-14/h1,3,5-6,12H,4,7-11,13H2,(H,19,22). The first kappa shape index (κ1) is 17.0. The lowest BCUT2D eigenvalue weighted by atomic mass is 10.2. The lowest BCUT2D eigenvalue weighted by molar-refractivity contribution is -0.121. The molecule has 1 fully saturated rings. The maximum Gasteiger partial charge on any atom is 0.254 e. The molecule has 6 heteroatoms. The molecule has 122 valence electrons. The maximum atomic E-state index is 13.2. The number of amides is 2. The van der Waals surface area contributed by atoms with Gasteiger partial charge < -0.3 is 10.2 Å². The van der Waals surface area contributed by atoms with Crippen molar-refractivity contribution in [1.82, 2.24) is 15.1 Å². The average molecular weight is 317 g/mol. The van der Waals surface area contributed by atoms with Gasteiger partial charge in [-0.15, -0.1) is 6.42 Å². The zero-order valence-electron chi connectivity index (χ0n) is 12.9. The van der Waals surface area contributed by atoms with Crippen LogP contribution in [0.1, 0.15) is 16.8 Å². The van der Waals surface area contributed by atoms with Crippen LogP contribution in [0, 0.1) is 18.2 Å². The molecule has 1 aliphatic heterocycles. The molecule has 1 heterocycles. The van der Waals surface area contributed by atoms with Crippen molar-refractivity contribution in [3.8, 4) is 12.3 Å². The van der Waals surface area contributed by atoms with Crippen molar-refractivity contribution in [1.29, 1.82) is 0 Å². The van der Waals surface area contributed by atoms with E-state index in [1.165, 1.54) is 18.2 Å². The number of nitrogens with zero attached hydrogens (tertiary/aromatic N) is 2. The van der Waals surface area contributed by atoms with E-state index in [4.69, 9.17) is 6.42 Å². The molecule has 5 nitrogen and oxygen atoms in total. The van der Waals surface area contributed by atoms with Gasteiger partial charge in [0, 0.05) is 31.7 Å². The molecular formula is C17H20FN3O2. The molecule has 1 aliphatic rings. The lowest BCUT2D eigenvalue weighted by Crippen LogP contribution is -2.40. The summed E-state index contributed by atoms with van der Waals surface area (Å²) in [4.78, 5) is 27.8. The summed E-state index contributed by atoms with van der Waals surface area (Å²) < 4.78 is 13.2. The van der Waals surface area contributed by atoms with Gasteiger partial charge in [0.15, 0.2) is 0 Å². The number of carbonyl (C=O) groups excluding carboxylic acids is 2. The molecule has 0 saturated carbocycles. The minimum Gasteiger partial charge on any atom is -0.344 e. The monoisotopic (exact) mass is 317 g/mol. The quantitative estimate of drug-likeness (QED) is 0.833. The van der Waals surface area contributed by atoms with E-state index in [9.17, 15) is 14.0 Å². The molecule has 0 spiro atoms. The first-order chi connectivity index (χ1) is 11.1. The Hall–Kier alpha value is -2.39. The Morgan fingerprint density at radius 1 is 1.26 bits per heavy atom. The molecule has 1 saturated heterocycles. The van der Waals surface area contributed by atoms with Crippen molar-refractivity contribution < 1.29 is 14.0 Å². The van der Waals surface area contributed by atoms with E-state index in [0.29, 0.717) is 25.2 Å². The van der Waals surface area contributed by atoms with E-state index in [1.54, 1.807) is 11.0 Å². The summed E-state index contributed by atoms with van der Waals surface area (Å²) in [5, 5.41) is 2.63. The van der Waals surface area contributed by atoms with Gasteiger partial charge in [-0.3, -0.25) is 14.5 Å². The minimum absolute atomic E-state index is 0.118. The van der Waals surface area contributed by atoms with Gasteiger partial charge in [-0.25, -0.2) is 4.39 Å². The minimum atomic E-state index is -0.419. The maximum absolute atomic E-state index is 13.2. The average Bonchev–Trinajstić information content (AvgIpc) is 2.78. The van der Waals surface area contributed by atoms with Crippen LogP contribution in [-0.4, -0.2) is 60.9 Å². The van der Waals surface area contributed by atoms with Gasteiger partial charge in [0.05, 0.1) is 13.1 Å². The van der Waals surface area contributed by atoms with Gasteiger partial charge in [-0.2, -0.15) is 0 Å². The summed E-state index contributed by atoms with van der Waals surface area (Å²) in [7, 11) is 0. The number of hydrogen-bond acceptors (Lipinski definition) is 3. The highest BCUT2D eigenvalue weighted by atomic mass is 19.1. The van der Waals surface area contributed by atoms with E-state index >= 15 is 0 Å². The Kier molecular flexibility index (Phi) is 6.12. The van der Waals surface area contributed by atoms with Gasteiger partial charge in [-0.1, -0.05) is 12.0 Å². The highest BCUT2D eigenvalue weighted by molar-refractivity contribution is 5.94. The number of rotatable bonds is 4. The van der Waals surface area contributed by atoms with Crippen molar-refractivity contribution in [2.24, 2.45) is 0 Å². The fourth-order valence-corrected chi connectivity index (χ4v) is 2.54. The number of halogens is 1. The van der Waals surface area contributed by atoms with E-state index in [2.05, 4.69) is 11.2 Å². The van der Waals surface area contributed by atoms with Crippen molar-refractivity contribution in [3.05, 3.63) is 35.6 Å². The van der Waals surface area contributed by atoms with E-state index in [1.807, 2.05) is 4.90 Å². The molecule has 0 unspecified atom stereocenters. The summed E-state index contributed by atoms with van der Waals surface area (Å²) >= 11 is 0. The molecule has 1 aromatic carbocycles. The molecule has 0 atom stereocenters. The third kappa shape index (κ3) is 5.08. The summed E-state index contributed by atoms with van der Waals surface area (Å²) in [5.74, 6) is 1.64. The fraction of sp³-hybridized carbons (Fsp3) is 0.412. The number of nitrogens with one attached hydrogen (secondary N) is 1. The molecule has 0 aromatic heterocycles. The Morgan fingerprint density at radius 2 is 2.09 bits per heavy atom. The second-order valence-corrected chi connectivity index (χ2v) is 5.41. The SMILES string of the molecule is C#CCNC(=O)CN1CCCN(C(=O)c2cccc(F)c2)CC1. The summed E-state index contributed by atoms with van der Waals surface area (Å²) in [6.07, 6.45) is 5.87. The summed E-state index contributed by atoms with van der Waals surface area (Å²) in [6, 6.07) is 5.71. The zero-order chi connectivity index (χ0) is 16.7. The largest absolute Gasteiger partial charge is 0.344 e. The molecule has 0 aliphatic carbocycles. The van der Waals surface area contributed by atoms with Crippen LogP contribution in [0.5, 0.6) is 0 Å². The third-order valence-corrected chi connectivity index (χ3v) is 3.70. The van der Waals surface area contributed by atoms with Crippen LogP contribution in [0.3, 0.4) is 0 Å². The van der Waals surface area contributed by atoms with Crippen molar-refractivity contribution in [2.45, 2.75) is 6.42 Å².